The molecule has 0 amide bonds. The maximum atomic E-state index is 10.4. The predicted octanol–water partition coefficient (Wildman–Crippen LogP) is 2.06. The van der Waals surface area contributed by atoms with Gasteiger partial charge in [0.2, 0.25) is 0 Å². The van der Waals surface area contributed by atoms with Crippen LogP contribution in [0.25, 0.3) is 0 Å². The summed E-state index contributed by atoms with van der Waals surface area (Å²) in [5, 5.41) is 30.7. The molecule has 2 heterocycles. The molecule has 2 aliphatic heterocycles. The van der Waals surface area contributed by atoms with E-state index in [-0.39, 0.29) is 17.1 Å². The van der Waals surface area contributed by atoms with Crippen molar-refractivity contribution < 1.29 is 5.11 Å². The monoisotopic (exact) mass is 442 g/mol. The topological polar surface area (TPSA) is 148 Å². The van der Waals surface area contributed by atoms with Crippen LogP contribution in [-0.2, 0) is 0 Å². The third-order valence-electron chi connectivity index (χ3n) is 5.23. The Bertz CT molecular complexity index is 898. The van der Waals surface area contributed by atoms with Crippen molar-refractivity contribution in [3.05, 3.63) is 41.0 Å². The Hall–Kier alpha value is -2.75. The van der Waals surface area contributed by atoms with E-state index in [9.17, 15) is 5.11 Å². The van der Waals surface area contributed by atoms with Crippen molar-refractivity contribution in [3.63, 3.8) is 0 Å². The highest BCUT2D eigenvalue weighted by atomic mass is 16.3. The molecular weight excluding hydrogens is 404 g/mol. The summed E-state index contributed by atoms with van der Waals surface area (Å²) < 4.78 is 0. The van der Waals surface area contributed by atoms with Crippen LogP contribution in [0.15, 0.2) is 40.1 Å². The number of phenols is 1. The molecule has 1 aromatic carbocycles. The first kappa shape index (κ1) is 25.5. The maximum Gasteiger partial charge on any atom is 0.131 e. The summed E-state index contributed by atoms with van der Waals surface area (Å²) in [6, 6.07) is 5.41. The van der Waals surface area contributed by atoms with Crippen LogP contribution in [-0.4, -0.2) is 59.1 Å². The molecule has 0 radical (unpaired) electrons. The van der Waals surface area contributed by atoms with E-state index in [1.54, 1.807) is 19.2 Å². The van der Waals surface area contributed by atoms with Crippen LogP contribution >= 0.6 is 0 Å². The van der Waals surface area contributed by atoms with Crippen LogP contribution in [0.5, 0.6) is 5.75 Å². The van der Waals surface area contributed by atoms with E-state index in [0.717, 1.165) is 38.2 Å². The zero-order valence-corrected chi connectivity index (χ0v) is 19.9. The first-order chi connectivity index (χ1) is 15.1. The second kappa shape index (κ2) is 11.2. The first-order valence-electron chi connectivity index (χ1n) is 11.0. The van der Waals surface area contributed by atoms with Gasteiger partial charge in [0.1, 0.15) is 17.4 Å². The second-order valence-electron chi connectivity index (χ2n) is 9.09. The molecule has 9 nitrogen and oxygen atoms in total. The maximum absolute atomic E-state index is 10.4. The number of benzene rings is 1. The number of hydrazine groups is 1. The molecule has 1 unspecified atom stereocenters. The lowest BCUT2D eigenvalue weighted by Crippen LogP contribution is -2.45. The molecule has 1 aromatic rings. The van der Waals surface area contributed by atoms with Gasteiger partial charge in [0, 0.05) is 42.2 Å². The summed E-state index contributed by atoms with van der Waals surface area (Å²) in [7, 11) is 1.65. The Morgan fingerprint density at radius 2 is 2.00 bits per heavy atom. The third-order valence-corrected chi connectivity index (χ3v) is 5.23. The number of phenolic OH excluding ortho intramolecular Hbond substituents is 1. The molecule has 9 heteroatoms. The molecule has 1 fully saturated rings. The van der Waals surface area contributed by atoms with E-state index in [1.165, 1.54) is 11.6 Å². The molecule has 0 saturated carbocycles. The number of likely N-dealkylation sites (tertiary alicyclic amines) is 1. The van der Waals surface area contributed by atoms with Gasteiger partial charge >= 0.3 is 0 Å². The number of hydrogen-bond donors (Lipinski definition) is 6. The molecule has 1 saturated heterocycles. The Kier molecular flexibility index (Phi) is 8.94. The van der Waals surface area contributed by atoms with Crippen LogP contribution in [0, 0.1) is 5.41 Å². The number of aromatic hydroxyl groups is 1. The van der Waals surface area contributed by atoms with Crippen molar-refractivity contribution >= 4 is 17.4 Å². The zero-order valence-electron chi connectivity index (χ0n) is 19.9. The minimum absolute atomic E-state index is 0.0532. The largest absolute Gasteiger partial charge is 0.507 e. The smallest absolute Gasteiger partial charge is 0.131 e. The number of hydrogen-bond acceptors (Lipinski definition) is 8. The molecule has 0 spiro atoms. The zero-order chi connectivity index (χ0) is 23.9. The lowest BCUT2D eigenvalue weighted by molar-refractivity contribution is 0.359. The third kappa shape index (κ3) is 7.15. The number of rotatable bonds is 4. The van der Waals surface area contributed by atoms with Gasteiger partial charge in [0.25, 0.3) is 0 Å². The van der Waals surface area contributed by atoms with Crippen LogP contribution in [0.3, 0.4) is 0 Å². The summed E-state index contributed by atoms with van der Waals surface area (Å²) in [6.45, 7) is 10.6. The molecule has 0 bridgehead atoms. The summed E-state index contributed by atoms with van der Waals surface area (Å²) in [6.07, 6.45) is 4.76. The van der Waals surface area contributed by atoms with Gasteiger partial charge in [0.15, 0.2) is 0 Å². The Morgan fingerprint density at radius 1 is 1.31 bits per heavy atom. The van der Waals surface area contributed by atoms with E-state index >= 15 is 0 Å². The quantitative estimate of drug-likeness (QED) is 0.182. The highest BCUT2D eigenvalue weighted by molar-refractivity contribution is 6.12. The normalized spacial score (nSPS) is 18.8. The fourth-order valence-electron chi connectivity index (χ4n) is 3.80. The number of nitrogens with one attached hydrogen (secondary N) is 3. The van der Waals surface area contributed by atoms with Crippen molar-refractivity contribution in [2.75, 3.05) is 20.1 Å². The summed E-state index contributed by atoms with van der Waals surface area (Å²) in [5.41, 5.74) is 10.8. The van der Waals surface area contributed by atoms with Crippen molar-refractivity contribution in [1.29, 1.82) is 5.41 Å². The van der Waals surface area contributed by atoms with Gasteiger partial charge in [-0.25, -0.2) is 0 Å². The standard InChI is InChI=1S/C22H32N6O.CH6N2/c1-5-14-10-18(17-7-6-15(21(23)24)12-19(17)29)26-27-20(11-14)28-9-8-16(13-28)25-22(2,3)4;1-3-2/h6-7,10,12,16,25,29H,5,8-9,11,13H2,1-4H3,(H3,23,24);3H,2H2,1H3. The average molecular weight is 443 g/mol. The minimum atomic E-state index is -0.0767. The van der Waals surface area contributed by atoms with Crippen LogP contribution in [0.4, 0.5) is 0 Å². The van der Waals surface area contributed by atoms with E-state index in [4.69, 9.17) is 11.1 Å². The van der Waals surface area contributed by atoms with Crippen molar-refractivity contribution in [1.82, 2.24) is 15.6 Å². The number of nitrogens with zero attached hydrogens (tertiary/aromatic N) is 3. The molecule has 176 valence electrons. The molecule has 0 aliphatic carbocycles. The Balaban J connectivity index is 0.00000114. The van der Waals surface area contributed by atoms with E-state index < -0.39 is 0 Å². The number of nitrogen functional groups attached to an aromatic ring is 1. The van der Waals surface area contributed by atoms with Gasteiger partial charge in [0.05, 0.1) is 5.71 Å². The minimum Gasteiger partial charge on any atom is -0.507 e. The highest BCUT2D eigenvalue weighted by Gasteiger charge is 2.28. The highest BCUT2D eigenvalue weighted by Crippen LogP contribution is 2.25. The van der Waals surface area contributed by atoms with Crippen LogP contribution in [0.2, 0.25) is 0 Å². The first-order valence-corrected chi connectivity index (χ1v) is 11.0. The molecule has 2 aliphatic rings. The fourth-order valence-corrected chi connectivity index (χ4v) is 3.80. The predicted molar refractivity (Wildman–Crippen MR) is 132 cm³/mol. The van der Waals surface area contributed by atoms with Gasteiger partial charge in [-0.05, 0) is 58.9 Å². The fraction of sp³-hybridized carbons (Fsp3) is 0.522. The van der Waals surface area contributed by atoms with Gasteiger partial charge < -0.3 is 21.1 Å². The molecule has 32 heavy (non-hydrogen) atoms. The number of allylic oxidation sites excluding steroid dienone is 1. The molecule has 8 N–H and O–H groups in total. The molecular formula is C23H38N8O. The average Bonchev–Trinajstić information content (AvgIpc) is 3.04. The van der Waals surface area contributed by atoms with Gasteiger partial charge in [-0.2, -0.15) is 0 Å². The molecule has 0 aromatic heterocycles. The SMILES string of the molecule is CCC1=CC(c2ccc(C(=N)N)cc2O)=NN=C(N2CCC(NC(C)(C)C)C2)C1.CNN. The van der Waals surface area contributed by atoms with Crippen LogP contribution in [0.1, 0.15) is 58.1 Å². The van der Waals surface area contributed by atoms with Crippen molar-refractivity contribution in [2.45, 2.75) is 58.5 Å². The summed E-state index contributed by atoms with van der Waals surface area (Å²) >= 11 is 0. The number of amidine groups is 2. The lowest BCUT2D eigenvalue weighted by Gasteiger charge is -2.26. The van der Waals surface area contributed by atoms with Crippen molar-refractivity contribution in [2.24, 2.45) is 21.8 Å². The van der Waals surface area contributed by atoms with Gasteiger partial charge in [-0.3, -0.25) is 16.7 Å². The van der Waals surface area contributed by atoms with E-state index in [1.807, 2.05) is 6.08 Å². The Morgan fingerprint density at radius 3 is 2.56 bits per heavy atom. The van der Waals surface area contributed by atoms with Crippen molar-refractivity contribution in [3.8, 4) is 5.75 Å². The Labute approximate surface area is 191 Å². The van der Waals surface area contributed by atoms with Crippen LogP contribution < -0.4 is 22.3 Å². The molecule has 3 rings (SSSR count). The molecule has 1 atom stereocenters. The van der Waals surface area contributed by atoms with E-state index in [2.05, 4.69) is 59.4 Å². The van der Waals surface area contributed by atoms with Gasteiger partial charge in [-0.1, -0.05) is 18.6 Å². The second-order valence-corrected chi connectivity index (χ2v) is 9.09. The van der Waals surface area contributed by atoms with E-state index in [0.29, 0.717) is 22.9 Å². The lowest BCUT2D eigenvalue weighted by atomic mass is 10.0. The van der Waals surface area contributed by atoms with Gasteiger partial charge in [-0.15, -0.1) is 10.2 Å². The number of nitrogens with two attached hydrogens (primary N) is 2. The summed E-state index contributed by atoms with van der Waals surface area (Å²) in [4.78, 5) is 2.32. The summed E-state index contributed by atoms with van der Waals surface area (Å²) in [5.74, 6) is 5.55.